The molecule has 1 aromatic carbocycles. The van der Waals surface area contributed by atoms with Gasteiger partial charge in [-0.1, -0.05) is 6.07 Å². The molecule has 0 spiro atoms. The molecule has 0 radical (unpaired) electrons. The van der Waals surface area contributed by atoms with Crippen LogP contribution in [-0.2, 0) is 4.79 Å². The summed E-state index contributed by atoms with van der Waals surface area (Å²) in [6.07, 6.45) is 1.25. The van der Waals surface area contributed by atoms with Gasteiger partial charge in [-0.05, 0) is 35.0 Å². The van der Waals surface area contributed by atoms with Crippen LogP contribution in [0.4, 0.5) is 0 Å². The minimum absolute atomic E-state index is 0.137. The van der Waals surface area contributed by atoms with Gasteiger partial charge in [-0.3, -0.25) is 4.79 Å². The first-order valence-electron chi connectivity index (χ1n) is 6.40. The van der Waals surface area contributed by atoms with Crippen LogP contribution >= 0.6 is 0 Å². The van der Waals surface area contributed by atoms with Gasteiger partial charge in [-0.15, -0.1) is 5.10 Å². The van der Waals surface area contributed by atoms with Crippen molar-refractivity contribution in [2.45, 2.75) is 19.4 Å². The number of hydrogen-bond donors (Lipinski definition) is 1. The van der Waals surface area contributed by atoms with E-state index in [0.717, 1.165) is 5.56 Å². The zero-order valence-electron chi connectivity index (χ0n) is 11.8. The number of ether oxygens (including phenoxy) is 2. The Balaban J connectivity index is 2.38. The third-order valence-electron chi connectivity index (χ3n) is 2.92. The minimum atomic E-state index is -0.941. The SMILES string of the molecule is CCOc1ccc([C@@H](CC(=O)O)n2cnnn2)cc1OC. The number of carboxylic acids is 1. The number of aliphatic carboxylic acids is 1. The van der Waals surface area contributed by atoms with E-state index in [4.69, 9.17) is 14.6 Å². The van der Waals surface area contributed by atoms with Crippen molar-refractivity contribution >= 4 is 5.97 Å². The van der Waals surface area contributed by atoms with Crippen LogP contribution in [-0.4, -0.2) is 45.0 Å². The summed E-state index contributed by atoms with van der Waals surface area (Å²) >= 11 is 0. The number of tetrazole rings is 1. The van der Waals surface area contributed by atoms with Crippen molar-refractivity contribution in [3.8, 4) is 11.5 Å². The second kappa shape index (κ2) is 6.69. The standard InChI is InChI=1S/C13H16N4O4/c1-3-21-11-5-4-9(6-12(11)20-2)10(7-13(18)19)17-8-14-15-16-17/h4-6,8,10H,3,7H2,1-2H3,(H,18,19)/t10-/m1/s1. The van der Waals surface area contributed by atoms with Gasteiger partial charge in [0, 0.05) is 0 Å². The molecule has 8 heteroatoms. The Bertz CT molecular complexity index is 600. The molecule has 1 heterocycles. The molecule has 1 aromatic heterocycles. The number of nitrogens with zero attached hydrogens (tertiary/aromatic N) is 4. The van der Waals surface area contributed by atoms with Crippen LogP contribution in [0, 0.1) is 0 Å². The fourth-order valence-corrected chi connectivity index (χ4v) is 2.01. The van der Waals surface area contributed by atoms with Crippen LogP contribution in [0.1, 0.15) is 24.9 Å². The Morgan fingerprint density at radius 1 is 1.43 bits per heavy atom. The lowest BCUT2D eigenvalue weighted by Crippen LogP contribution is -2.16. The Hall–Kier alpha value is -2.64. The summed E-state index contributed by atoms with van der Waals surface area (Å²) < 4.78 is 12.1. The molecule has 1 N–H and O–H groups in total. The van der Waals surface area contributed by atoms with E-state index < -0.39 is 12.0 Å². The predicted octanol–water partition coefficient (Wildman–Crippen LogP) is 1.14. The zero-order chi connectivity index (χ0) is 15.2. The summed E-state index contributed by atoms with van der Waals surface area (Å²) in [4.78, 5) is 11.1. The summed E-state index contributed by atoms with van der Waals surface area (Å²) in [6.45, 7) is 2.39. The zero-order valence-corrected chi connectivity index (χ0v) is 11.8. The number of carboxylic acid groups (broad SMARTS) is 1. The maximum atomic E-state index is 11.1. The minimum Gasteiger partial charge on any atom is -0.493 e. The number of methoxy groups -OCH3 is 1. The molecule has 0 saturated carbocycles. The number of rotatable bonds is 7. The summed E-state index contributed by atoms with van der Waals surface area (Å²) in [7, 11) is 1.53. The first kappa shape index (κ1) is 14.8. The lowest BCUT2D eigenvalue weighted by molar-refractivity contribution is -0.137. The average Bonchev–Trinajstić information content (AvgIpc) is 2.99. The third-order valence-corrected chi connectivity index (χ3v) is 2.92. The highest BCUT2D eigenvalue weighted by Gasteiger charge is 2.20. The molecule has 0 fully saturated rings. The largest absolute Gasteiger partial charge is 0.493 e. The summed E-state index contributed by atoms with van der Waals surface area (Å²) in [5.41, 5.74) is 0.727. The highest BCUT2D eigenvalue weighted by molar-refractivity contribution is 5.68. The Morgan fingerprint density at radius 3 is 2.81 bits per heavy atom. The Labute approximate surface area is 121 Å². The number of carbonyl (C=O) groups is 1. The van der Waals surface area contributed by atoms with Crippen LogP contribution in [0.5, 0.6) is 11.5 Å². The van der Waals surface area contributed by atoms with E-state index in [9.17, 15) is 4.79 Å². The Kier molecular flexibility index (Phi) is 4.70. The molecule has 0 aliphatic heterocycles. The van der Waals surface area contributed by atoms with Crippen molar-refractivity contribution < 1.29 is 19.4 Å². The normalized spacial score (nSPS) is 11.9. The van der Waals surface area contributed by atoms with E-state index in [0.29, 0.717) is 18.1 Å². The molecular formula is C13H16N4O4. The molecule has 1 atom stereocenters. The van der Waals surface area contributed by atoms with Crippen molar-refractivity contribution in [2.24, 2.45) is 0 Å². The van der Waals surface area contributed by atoms with Crippen LogP contribution in [0.2, 0.25) is 0 Å². The molecule has 0 unspecified atom stereocenters. The number of aromatic nitrogens is 4. The molecule has 8 nitrogen and oxygen atoms in total. The van der Waals surface area contributed by atoms with Gasteiger partial charge < -0.3 is 14.6 Å². The third kappa shape index (κ3) is 3.47. The van der Waals surface area contributed by atoms with Crippen molar-refractivity contribution in [1.82, 2.24) is 20.2 Å². The van der Waals surface area contributed by atoms with Crippen molar-refractivity contribution in [3.05, 3.63) is 30.1 Å². The smallest absolute Gasteiger partial charge is 0.305 e. The van der Waals surface area contributed by atoms with Gasteiger partial charge >= 0.3 is 5.97 Å². The monoisotopic (exact) mass is 292 g/mol. The van der Waals surface area contributed by atoms with Crippen LogP contribution in [0.25, 0.3) is 0 Å². The van der Waals surface area contributed by atoms with Gasteiger partial charge in [-0.2, -0.15) is 0 Å². The molecule has 0 bridgehead atoms. The highest BCUT2D eigenvalue weighted by atomic mass is 16.5. The molecule has 21 heavy (non-hydrogen) atoms. The van der Waals surface area contributed by atoms with Crippen LogP contribution in [0.3, 0.4) is 0 Å². The van der Waals surface area contributed by atoms with E-state index in [1.54, 1.807) is 18.2 Å². The molecule has 2 aromatic rings. The lowest BCUT2D eigenvalue weighted by Gasteiger charge is -2.17. The van der Waals surface area contributed by atoms with Crippen LogP contribution < -0.4 is 9.47 Å². The van der Waals surface area contributed by atoms with Crippen LogP contribution in [0.15, 0.2) is 24.5 Å². The second-order valence-electron chi connectivity index (χ2n) is 4.25. The molecule has 112 valence electrons. The molecule has 0 aliphatic carbocycles. The average molecular weight is 292 g/mol. The molecule has 2 rings (SSSR count). The van der Waals surface area contributed by atoms with Crippen molar-refractivity contribution in [2.75, 3.05) is 13.7 Å². The van der Waals surface area contributed by atoms with Gasteiger partial charge in [0.1, 0.15) is 6.33 Å². The molecule has 0 aliphatic rings. The molecular weight excluding hydrogens is 276 g/mol. The molecule has 0 amide bonds. The van der Waals surface area contributed by atoms with Gasteiger partial charge in [0.25, 0.3) is 0 Å². The fourth-order valence-electron chi connectivity index (χ4n) is 2.01. The van der Waals surface area contributed by atoms with E-state index in [1.807, 2.05) is 6.92 Å². The quantitative estimate of drug-likeness (QED) is 0.816. The van der Waals surface area contributed by atoms with Gasteiger partial charge in [-0.25, -0.2) is 4.68 Å². The van der Waals surface area contributed by atoms with Gasteiger partial charge in [0.05, 0.1) is 26.2 Å². The second-order valence-corrected chi connectivity index (χ2v) is 4.25. The predicted molar refractivity (Wildman–Crippen MR) is 72.4 cm³/mol. The van der Waals surface area contributed by atoms with E-state index in [1.165, 1.54) is 18.1 Å². The summed E-state index contributed by atoms with van der Waals surface area (Å²) in [5, 5.41) is 19.9. The summed E-state index contributed by atoms with van der Waals surface area (Å²) in [5.74, 6) is 0.204. The van der Waals surface area contributed by atoms with Crippen molar-refractivity contribution in [3.63, 3.8) is 0 Å². The topological polar surface area (TPSA) is 99.4 Å². The van der Waals surface area contributed by atoms with E-state index in [-0.39, 0.29) is 6.42 Å². The van der Waals surface area contributed by atoms with E-state index in [2.05, 4.69) is 15.5 Å². The van der Waals surface area contributed by atoms with Gasteiger partial charge in [0.2, 0.25) is 0 Å². The van der Waals surface area contributed by atoms with Crippen molar-refractivity contribution in [1.29, 1.82) is 0 Å². The number of hydrogen-bond acceptors (Lipinski definition) is 6. The highest BCUT2D eigenvalue weighted by Crippen LogP contribution is 2.32. The van der Waals surface area contributed by atoms with Gasteiger partial charge in [0.15, 0.2) is 11.5 Å². The Morgan fingerprint density at radius 2 is 2.24 bits per heavy atom. The first-order chi connectivity index (χ1) is 10.2. The fraction of sp³-hybridized carbons (Fsp3) is 0.385. The maximum absolute atomic E-state index is 11.1. The summed E-state index contributed by atoms with van der Waals surface area (Å²) in [6, 6.07) is 4.75. The first-order valence-corrected chi connectivity index (χ1v) is 6.40. The molecule has 0 saturated heterocycles. The number of benzene rings is 1. The lowest BCUT2D eigenvalue weighted by atomic mass is 10.0. The maximum Gasteiger partial charge on any atom is 0.305 e. The van der Waals surface area contributed by atoms with E-state index >= 15 is 0 Å².